The van der Waals surface area contributed by atoms with Crippen LogP contribution in [0.3, 0.4) is 0 Å². The smallest absolute Gasteiger partial charge is 0.212 e. The first kappa shape index (κ1) is 17.1. The molecule has 1 aromatic heterocycles. The van der Waals surface area contributed by atoms with Crippen LogP contribution >= 0.6 is 23.1 Å². The van der Waals surface area contributed by atoms with Crippen LogP contribution in [0.1, 0.15) is 23.0 Å². The summed E-state index contributed by atoms with van der Waals surface area (Å²) in [5.74, 6) is -0.251. The summed E-state index contributed by atoms with van der Waals surface area (Å²) < 4.78 is 61.8. The van der Waals surface area contributed by atoms with Crippen LogP contribution < -0.4 is 0 Å². The van der Waals surface area contributed by atoms with Gasteiger partial charge < -0.3 is 0 Å². The molecule has 2 heterocycles. The maximum atomic E-state index is 12.2. The highest BCUT2D eigenvalue weighted by molar-refractivity contribution is 7.99. The molecule has 1 aliphatic heterocycles. The van der Waals surface area contributed by atoms with E-state index >= 15 is 0 Å². The standard InChI is InChI=1S/C12H16F3NO2S3/c13-12(14,15)4-9-21(17,18)16-5-3-11(20-8-6-16)10-2-1-7-19-10/h1-2,7,11H,3-6,8-9H2/t11-/m0/s1. The molecule has 1 fully saturated rings. The lowest BCUT2D eigenvalue weighted by atomic mass is 10.2. The van der Waals surface area contributed by atoms with Gasteiger partial charge in [0.05, 0.1) is 12.2 Å². The Balaban J connectivity index is 1.96. The molecule has 0 aliphatic carbocycles. The van der Waals surface area contributed by atoms with Gasteiger partial charge in [0, 0.05) is 29.0 Å². The Kier molecular flexibility index (Phi) is 5.61. The third kappa shape index (κ3) is 5.15. The summed E-state index contributed by atoms with van der Waals surface area (Å²) in [6, 6.07) is 3.96. The highest BCUT2D eigenvalue weighted by Gasteiger charge is 2.33. The molecule has 0 radical (unpaired) electrons. The SMILES string of the molecule is O=S(=O)(CCC(F)(F)F)N1CCS[C@H](c2cccs2)CC1. The molecular formula is C12H16F3NO2S3. The molecule has 1 saturated heterocycles. The van der Waals surface area contributed by atoms with Crippen molar-refractivity contribution in [2.75, 3.05) is 24.6 Å². The van der Waals surface area contributed by atoms with E-state index in [0.29, 0.717) is 12.2 Å². The number of sulfonamides is 1. The van der Waals surface area contributed by atoms with Crippen molar-refractivity contribution >= 4 is 33.1 Å². The molecule has 0 unspecified atom stereocenters. The minimum Gasteiger partial charge on any atom is -0.212 e. The van der Waals surface area contributed by atoms with Gasteiger partial charge in [-0.2, -0.15) is 24.9 Å². The van der Waals surface area contributed by atoms with Crippen molar-refractivity contribution < 1.29 is 21.6 Å². The minimum absolute atomic E-state index is 0.229. The molecule has 1 atom stereocenters. The van der Waals surface area contributed by atoms with E-state index in [-0.39, 0.29) is 18.3 Å². The third-order valence-corrected chi connectivity index (χ3v) is 7.52. The predicted molar refractivity (Wildman–Crippen MR) is 80.2 cm³/mol. The van der Waals surface area contributed by atoms with Gasteiger partial charge in [0.1, 0.15) is 0 Å². The van der Waals surface area contributed by atoms with Crippen molar-refractivity contribution in [3.8, 4) is 0 Å². The second-order valence-corrected chi connectivity index (χ2v) is 9.12. The van der Waals surface area contributed by atoms with E-state index in [2.05, 4.69) is 0 Å². The quantitative estimate of drug-likeness (QED) is 0.826. The van der Waals surface area contributed by atoms with Crippen LogP contribution in [0.5, 0.6) is 0 Å². The highest BCUT2D eigenvalue weighted by Crippen LogP contribution is 2.37. The first-order valence-electron chi connectivity index (χ1n) is 6.47. The summed E-state index contributed by atoms with van der Waals surface area (Å²) in [5.41, 5.74) is 0. The zero-order valence-corrected chi connectivity index (χ0v) is 13.6. The van der Waals surface area contributed by atoms with E-state index in [1.54, 1.807) is 23.1 Å². The Morgan fingerprint density at radius 3 is 2.71 bits per heavy atom. The van der Waals surface area contributed by atoms with Crippen molar-refractivity contribution in [3.05, 3.63) is 22.4 Å². The lowest BCUT2D eigenvalue weighted by Crippen LogP contribution is -2.36. The Labute approximate surface area is 130 Å². The normalized spacial score (nSPS) is 22.1. The number of thiophene rings is 1. The van der Waals surface area contributed by atoms with E-state index in [9.17, 15) is 21.6 Å². The number of hydrogen-bond acceptors (Lipinski definition) is 4. The molecule has 21 heavy (non-hydrogen) atoms. The lowest BCUT2D eigenvalue weighted by Gasteiger charge is -2.20. The van der Waals surface area contributed by atoms with Crippen molar-refractivity contribution in [1.29, 1.82) is 0 Å². The first-order valence-corrected chi connectivity index (χ1v) is 10.0. The van der Waals surface area contributed by atoms with Gasteiger partial charge in [-0.1, -0.05) is 6.07 Å². The molecule has 120 valence electrons. The highest BCUT2D eigenvalue weighted by atomic mass is 32.2. The summed E-state index contributed by atoms with van der Waals surface area (Å²) in [7, 11) is -3.83. The van der Waals surface area contributed by atoms with Crippen molar-refractivity contribution in [2.24, 2.45) is 0 Å². The number of nitrogens with zero attached hydrogens (tertiary/aromatic N) is 1. The molecular weight excluding hydrogens is 343 g/mol. The maximum absolute atomic E-state index is 12.2. The van der Waals surface area contributed by atoms with E-state index in [1.165, 1.54) is 9.18 Å². The van der Waals surface area contributed by atoms with Crippen LogP contribution in [0.25, 0.3) is 0 Å². The van der Waals surface area contributed by atoms with Crippen LogP contribution in [0, 0.1) is 0 Å². The van der Waals surface area contributed by atoms with E-state index in [0.717, 1.165) is 0 Å². The van der Waals surface area contributed by atoms with E-state index in [4.69, 9.17) is 0 Å². The zero-order chi connectivity index (χ0) is 15.5. The molecule has 0 aromatic carbocycles. The summed E-state index contributed by atoms with van der Waals surface area (Å²) in [4.78, 5) is 1.19. The molecule has 0 bridgehead atoms. The van der Waals surface area contributed by atoms with E-state index in [1.807, 2.05) is 17.5 Å². The molecule has 1 aromatic rings. The van der Waals surface area contributed by atoms with Gasteiger partial charge in [-0.15, -0.1) is 11.3 Å². The second kappa shape index (κ2) is 6.89. The van der Waals surface area contributed by atoms with Crippen LogP contribution in [-0.4, -0.2) is 43.5 Å². The van der Waals surface area contributed by atoms with Gasteiger partial charge in [0.2, 0.25) is 10.0 Å². The summed E-state index contributed by atoms with van der Waals surface area (Å²) in [5, 5.41) is 2.20. The molecule has 0 amide bonds. The molecule has 3 nitrogen and oxygen atoms in total. The average molecular weight is 359 g/mol. The number of rotatable bonds is 4. The lowest BCUT2D eigenvalue weighted by molar-refractivity contribution is -0.130. The summed E-state index contributed by atoms with van der Waals surface area (Å²) in [6.07, 6.45) is -5.09. The topological polar surface area (TPSA) is 37.4 Å². The van der Waals surface area contributed by atoms with Gasteiger partial charge in [0.25, 0.3) is 0 Å². The van der Waals surface area contributed by atoms with Crippen molar-refractivity contribution in [1.82, 2.24) is 4.31 Å². The number of thioether (sulfide) groups is 1. The van der Waals surface area contributed by atoms with Gasteiger partial charge in [-0.05, 0) is 17.9 Å². The summed E-state index contributed by atoms with van der Waals surface area (Å²) >= 11 is 3.29. The monoisotopic (exact) mass is 359 g/mol. The summed E-state index contributed by atoms with van der Waals surface area (Å²) in [6.45, 7) is 0.572. The van der Waals surface area contributed by atoms with Gasteiger partial charge in [-0.3, -0.25) is 0 Å². The second-order valence-electron chi connectivity index (χ2n) is 4.74. The van der Waals surface area contributed by atoms with Crippen LogP contribution in [-0.2, 0) is 10.0 Å². The maximum Gasteiger partial charge on any atom is 0.390 e. The van der Waals surface area contributed by atoms with Crippen LogP contribution in [0.4, 0.5) is 13.2 Å². The molecule has 1 aliphatic rings. The van der Waals surface area contributed by atoms with Crippen LogP contribution in [0.2, 0.25) is 0 Å². The number of halogens is 3. The van der Waals surface area contributed by atoms with Gasteiger partial charge in [-0.25, -0.2) is 12.7 Å². The van der Waals surface area contributed by atoms with Crippen molar-refractivity contribution in [3.63, 3.8) is 0 Å². The third-order valence-electron chi connectivity index (χ3n) is 3.20. The molecule has 0 saturated carbocycles. The first-order chi connectivity index (χ1) is 9.78. The van der Waals surface area contributed by atoms with E-state index < -0.39 is 28.4 Å². The minimum atomic E-state index is -4.44. The fourth-order valence-electron chi connectivity index (χ4n) is 2.10. The number of alkyl halides is 3. The Bertz CT molecular complexity index is 543. The Morgan fingerprint density at radius 2 is 2.10 bits per heavy atom. The average Bonchev–Trinajstić information content (AvgIpc) is 2.80. The largest absolute Gasteiger partial charge is 0.390 e. The predicted octanol–water partition coefficient (Wildman–Crippen LogP) is 3.51. The molecule has 9 heteroatoms. The fourth-order valence-corrected chi connectivity index (χ4v) is 5.96. The van der Waals surface area contributed by atoms with Crippen LogP contribution in [0.15, 0.2) is 17.5 Å². The Morgan fingerprint density at radius 1 is 1.33 bits per heavy atom. The van der Waals surface area contributed by atoms with Gasteiger partial charge >= 0.3 is 6.18 Å². The molecule has 2 rings (SSSR count). The molecule has 0 N–H and O–H groups in total. The molecule has 0 spiro atoms. The number of hydrogen-bond donors (Lipinski definition) is 0. The Hall–Kier alpha value is -0.250. The zero-order valence-electron chi connectivity index (χ0n) is 11.2. The van der Waals surface area contributed by atoms with Gasteiger partial charge in [0.15, 0.2) is 0 Å². The fraction of sp³-hybridized carbons (Fsp3) is 0.667. The van der Waals surface area contributed by atoms with Crippen molar-refractivity contribution in [2.45, 2.75) is 24.3 Å².